The Morgan fingerprint density at radius 2 is 1.76 bits per heavy atom. The average molecular weight is 394 g/mol. The smallest absolute Gasteiger partial charge is 0.326 e. The summed E-state index contributed by atoms with van der Waals surface area (Å²) in [5.41, 5.74) is 2.38. The maximum atomic E-state index is 12.2. The summed E-state index contributed by atoms with van der Waals surface area (Å²) in [7, 11) is 1.61. The summed E-state index contributed by atoms with van der Waals surface area (Å²) < 4.78 is 0. The van der Waals surface area contributed by atoms with Crippen LogP contribution < -0.4 is 15.5 Å². The Morgan fingerprint density at radius 3 is 2.48 bits per heavy atom. The highest BCUT2D eigenvalue weighted by Gasteiger charge is 2.22. The molecule has 3 amide bonds. The van der Waals surface area contributed by atoms with Gasteiger partial charge in [0.15, 0.2) is 0 Å². The number of nitrogens with one attached hydrogen (secondary N) is 3. The van der Waals surface area contributed by atoms with E-state index in [1.54, 1.807) is 37.5 Å². The van der Waals surface area contributed by atoms with Gasteiger partial charge in [0, 0.05) is 36.3 Å². The second-order valence-corrected chi connectivity index (χ2v) is 6.57. The molecular weight excluding hydrogens is 372 g/mol. The quantitative estimate of drug-likeness (QED) is 0.491. The van der Waals surface area contributed by atoms with E-state index in [0.717, 1.165) is 16.5 Å². The highest BCUT2D eigenvalue weighted by molar-refractivity contribution is 5.96. The number of likely N-dealkylation sites (N-methyl/N-ethyl adjacent to an activating group) is 1. The molecule has 0 aliphatic heterocycles. The fraction of sp³-hybridized carbons (Fsp3) is 0.190. The van der Waals surface area contributed by atoms with Crippen LogP contribution in [0.3, 0.4) is 0 Å². The number of carboxylic acid groups (broad SMARTS) is 1. The monoisotopic (exact) mass is 394 g/mol. The molecule has 0 aliphatic rings. The number of fused-ring (bicyclic) bond motifs is 1. The topological polar surface area (TPSA) is 115 Å². The molecule has 0 spiro atoms. The number of urea groups is 1. The lowest BCUT2D eigenvalue weighted by molar-refractivity contribution is -0.139. The first kappa shape index (κ1) is 19.9. The highest BCUT2D eigenvalue weighted by Crippen LogP contribution is 2.19. The van der Waals surface area contributed by atoms with Crippen LogP contribution in [0.2, 0.25) is 0 Å². The zero-order chi connectivity index (χ0) is 20.8. The summed E-state index contributed by atoms with van der Waals surface area (Å²) in [6.45, 7) is -0.253. The minimum atomic E-state index is -1.15. The summed E-state index contributed by atoms with van der Waals surface area (Å²) in [5, 5.41) is 15.2. The van der Waals surface area contributed by atoms with Gasteiger partial charge in [-0.15, -0.1) is 0 Å². The molecule has 8 nitrogen and oxygen atoms in total. The van der Waals surface area contributed by atoms with Gasteiger partial charge < -0.3 is 25.6 Å². The predicted octanol–water partition coefficient (Wildman–Crippen LogP) is 2.13. The van der Waals surface area contributed by atoms with Crippen LogP contribution >= 0.6 is 0 Å². The highest BCUT2D eigenvalue weighted by atomic mass is 16.4. The molecular formula is C21H22N4O4. The number of nitrogens with zero attached hydrogens (tertiary/aromatic N) is 1. The Kier molecular flexibility index (Phi) is 6.13. The van der Waals surface area contributed by atoms with Gasteiger partial charge in [-0.2, -0.15) is 0 Å². The average Bonchev–Trinajstić information content (AvgIpc) is 3.14. The maximum absolute atomic E-state index is 12.2. The molecule has 0 bridgehead atoms. The van der Waals surface area contributed by atoms with Crippen molar-refractivity contribution in [1.82, 2.24) is 15.6 Å². The Bertz CT molecular complexity index is 1020. The maximum Gasteiger partial charge on any atom is 0.326 e. The number of H-pyrrole nitrogens is 1. The normalized spacial score (nSPS) is 11.6. The van der Waals surface area contributed by atoms with Crippen molar-refractivity contribution < 1.29 is 19.5 Å². The summed E-state index contributed by atoms with van der Waals surface area (Å²) in [5.74, 6) is -1.48. The van der Waals surface area contributed by atoms with Crippen LogP contribution in [-0.4, -0.2) is 47.6 Å². The van der Waals surface area contributed by atoms with E-state index in [9.17, 15) is 19.5 Å². The second-order valence-electron chi connectivity index (χ2n) is 6.57. The van der Waals surface area contributed by atoms with Crippen molar-refractivity contribution in [2.75, 3.05) is 18.5 Å². The van der Waals surface area contributed by atoms with Crippen molar-refractivity contribution in [1.29, 1.82) is 0 Å². The van der Waals surface area contributed by atoms with Gasteiger partial charge in [0.2, 0.25) is 5.91 Å². The molecule has 1 unspecified atom stereocenters. The largest absolute Gasteiger partial charge is 0.480 e. The molecule has 4 N–H and O–H groups in total. The van der Waals surface area contributed by atoms with E-state index in [2.05, 4.69) is 15.6 Å². The van der Waals surface area contributed by atoms with Crippen molar-refractivity contribution in [3.63, 3.8) is 0 Å². The van der Waals surface area contributed by atoms with Crippen molar-refractivity contribution in [2.45, 2.75) is 12.5 Å². The van der Waals surface area contributed by atoms with Crippen molar-refractivity contribution in [3.05, 3.63) is 66.4 Å². The fourth-order valence-corrected chi connectivity index (χ4v) is 3.00. The number of aliphatic carboxylic acids is 1. The van der Waals surface area contributed by atoms with Crippen LogP contribution in [-0.2, 0) is 16.0 Å². The lowest BCUT2D eigenvalue weighted by atomic mass is 10.1. The second kappa shape index (κ2) is 8.92. The number of para-hydroxylation sites is 2. The SMILES string of the molecule is CN(C(=O)CNC(=O)NC(Cc1c[nH]c2ccccc12)C(=O)O)c1ccccc1. The summed E-state index contributed by atoms with van der Waals surface area (Å²) in [6, 6.07) is 14.7. The number of aromatic nitrogens is 1. The molecule has 1 atom stereocenters. The molecule has 0 saturated heterocycles. The first-order chi connectivity index (χ1) is 14.0. The zero-order valence-corrected chi connectivity index (χ0v) is 15.9. The molecule has 150 valence electrons. The van der Waals surface area contributed by atoms with E-state index < -0.39 is 18.0 Å². The molecule has 29 heavy (non-hydrogen) atoms. The third-order valence-corrected chi connectivity index (χ3v) is 4.62. The van der Waals surface area contributed by atoms with Crippen LogP contribution in [0.1, 0.15) is 5.56 Å². The first-order valence-electron chi connectivity index (χ1n) is 9.09. The number of carbonyl (C=O) groups excluding carboxylic acids is 2. The standard InChI is InChI=1S/C21H22N4O4/c1-25(15-7-3-2-4-8-15)19(26)13-23-21(29)24-18(20(27)28)11-14-12-22-17-10-6-5-9-16(14)17/h2-10,12,18,22H,11,13H2,1H3,(H,27,28)(H2,23,24,29). The first-order valence-corrected chi connectivity index (χ1v) is 9.09. The van der Waals surface area contributed by atoms with E-state index in [0.29, 0.717) is 5.69 Å². The van der Waals surface area contributed by atoms with Crippen LogP contribution in [0.15, 0.2) is 60.8 Å². The molecule has 0 saturated carbocycles. The number of benzene rings is 2. The van der Waals surface area contributed by atoms with Crippen molar-refractivity contribution in [2.24, 2.45) is 0 Å². The van der Waals surface area contributed by atoms with E-state index in [-0.39, 0.29) is 18.9 Å². The number of carbonyl (C=O) groups is 3. The third kappa shape index (κ3) is 4.92. The minimum Gasteiger partial charge on any atom is -0.480 e. The number of hydrogen-bond acceptors (Lipinski definition) is 3. The molecule has 8 heteroatoms. The minimum absolute atomic E-state index is 0.116. The third-order valence-electron chi connectivity index (χ3n) is 4.62. The van der Waals surface area contributed by atoms with Gasteiger partial charge in [-0.3, -0.25) is 4.79 Å². The lowest BCUT2D eigenvalue weighted by Crippen LogP contribution is -2.49. The number of rotatable bonds is 7. The summed E-state index contributed by atoms with van der Waals surface area (Å²) in [6.07, 6.45) is 1.85. The van der Waals surface area contributed by atoms with E-state index in [1.165, 1.54) is 4.90 Å². The van der Waals surface area contributed by atoms with Gasteiger partial charge in [-0.25, -0.2) is 9.59 Å². The van der Waals surface area contributed by atoms with Crippen molar-refractivity contribution in [3.8, 4) is 0 Å². The van der Waals surface area contributed by atoms with Gasteiger partial charge >= 0.3 is 12.0 Å². The number of hydrogen-bond donors (Lipinski definition) is 4. The molecule has 1 heterocycles. The fourth-order valence-electron chi connectivity index (χ4n) is 3.00. The molecule has 0 fully saturated rings. The van der Waals surface area contributed by atoms with Gasteiger partial charge in [0.1, 0.15) is 6.04 Å². The van der Waals surface area contributed by atoms with Crippen LogP contribution in [0.5, 0.6) is 0 Å². The number of carboxylic acids is 1. The van der Waals surface area contributed by atoms with E-state index >= 15 is 0 Å². The lowest BCUT2D eigenvalue weighted by Gasteiger charge is -2.19. The number of aromatic amines is 1. The molecule has 3 rings (SSSR count). The van der Waals surface area contributed by atoms with Gasteiger partial charge in [-0.05, 0) is 23.8 Å². The molecule has 0 radical (unpaired) electrons. The van der Waals surface area contributed by atoms with E-state index in [1.807, 2.05) is 30.3 Å². The molecule has 3 aromatic rings. The predicted molar refractivity (Wildman–Crippen MR) is 110 cm³/mol. The summed E-state index contributed by atoms with van der Waals surface area (Å²) >= 11 is 0. The van der Waals surface area contributed by atoms with Gasteiger partial charge in [0.05, 0.1) is 6.54 Å². The molecule has 0 aliphatic carbocycles. The Hall–Kier alpha value is -3.81. The summed E-state index contributed by atoms with van der Waals surface area (Å²) in [4.78, 5) is 40.5. The van der Waals surface area contributed by atoms with Crippen LogP contribution in [0.4, 0.5) is 10.5 Å². The van der Waals surface area contributed by atoms with Gasteiger partial charge in [-0.1, -0.05) is 36.4 Å². The van der Waals surface area contributed by atoms with Crippen LogP contribution in [0, 0.1) is 0 Å². The zero-order valence-electron chi connectivity index (χ0n) is 15.9. The Balaban J connectivity index is 1.57. The molecule has 1 aromatic heterocycles. The number of anilines is 1. The number of amides is 3. The van der Waals surface area contributed by atoms with E-state index in [4.69, 9.17) is 0 Å². The Labute approximate surface area is 167 Å². The Morgan fingerprint density at radius 1 is 1.07 bits per heavy atom. The van der Waals surface area contributed by atoms with Crippen molar-refractivity contribution >= 4 is 34.5 Å². The molecule has 2 aromatic carbocycles. The van der Waals surface area contributed by atoms with Crippen LogP contribution in [0.25, 0.3) is 10.9 Å². The van der Waals surface area contributed by atoms with Gasteiger partial charge in [0.25, 0.3) is 0 Å².